The number of hydrogen-bond donors (Lipinski definition) is 1. The van der Waals surface area contributed by atoms with Crippen LogP contribution in [0.1, 0.15) is 44.6 Å². The molecule has 1 aliphatic heterocycles. The van der Waals surface area contributed by atoms with Gasteiger partial charge in [-0.25, -0.2) is 8.78 Å². The highest BCUT2D eigenvalue weighted by molar-refractivity contribution is 5.76. The van der Waals surface area contributed by atoms with Crippen LogP contribution in [0, 0.1) is 11.6 Å². The van der Waals surface area contributed by atoms with Crippen LogP contribution in [0.25, 0.3) is 0 Å². The summed E-state index contributed by atoms with van der Waals surface area (Å²) in [5.41, 5.74) is 6.69. The van der Waals surface area contributed by atoms with Crippen LogP contribution in [0.2, 0.25) is 0 Å². The van der Waals surface area contributed by atoms with Gasteiger partial charge in [-0.05, 0) is 56.7 Å². The average molecular weight is 310 g/mol. The summed E-state index contributed by atoms with van der Waals surface area (Å²) in [4.78, 5) is 14.3. The fourth-order valence-corrected chi connectivity index (χ4v) is 3.10. The van der Waals surface area contributed by atoms with E-state index in [1.165, 1.54) is 6.07 Å². The predicted octanol–water partition coefficient (Wildman–Crippen LogP) is 3.02. The monoisotopic (exact) mass is 310 g/mol. The highest BCUT2D eigenvalue weighted by Crippen LogP contribution is 2.21. The summed E-state index contributed by atoms with van der Waals surface area (Å²) in [7, 11) is 0. The van der Waals surface area contributed by atoms with E-state index in [4.69, 9.17) is 5.73 Å². The van der Waals surface area contributed by atoms with Crippen molar-refractivity contribution in [1.29, 1.82) is 0 Å². The Balaban J connectivity index is 1.85. The molecule has 0 bridgehead atoms. The van der Waals surface area contributed by atoms with Crippen LogP contribution in [0.4, 0.5) is 8.78 Å². The van der Waals surface area contributed by atoms with Crippen LogP contribution < -0.4 is 5.73 Å². The molecule has 1 heterocycles. The van der Waals surface area contributed by atoms with Gasteiger partial charge < -0.3 is 10.6 Å². The molecular weight excluding hydrogens is 286 g/mol. The molecule has 2 unspecified atom stereocenters. The molecule has 0 aromatic heterocycles. The highest BCUT2D eigenvalue weighted by atomic mass is 19.2. The highest BCUT2D eigenvalue weighted by Gasteiger charge is 2.28. The molecule has 0 spiro atoms. The molecule has 2 N–H and O–H groups in total. The minimum absolute atomic E-state index is 0.0181. The van der Waals surface area contributed by atoms with Gasteiger partial charge in [0, 0.05) is 25.0 Å². The molecule has 1 fully saturated rings. The van der Waals surface area contributed by atoms with Crippen molar-refractivity contribution in [2.45, 2.75) is 57.5 Å². The zero-order valence-corrected chi connectivity index (χ0v) is 13.0. The molecule has 0 saturated carbocycles. The number of rotatable bonds is 5. The van der Waals surface area contributed by atoms with Crippen LogP contribution in [0.15, 0.2) is 18.2 Å². The fourth-order valence-electron chi connectivity index (χ4n) is 3.10. The number of benzene rings is 1. The van der Waals surface area contributed by atoms with Crippen LogP contribution >= 0.6 is 0 Å². The van der Waals surface area contributed by atoms with E-state index in [9.17, 15) is 13.6 Å². The number of amides is 1. The zero-order valence-electron chi connectivity index (χ0n) is 13.0. The number of carbonyl (C=O) groups excluding carboxylic acids is 1. The maximum Gasteiger partial charge on any atom is 0.222 e. The molecular formula is C17H24F2N2O. The van der Waals surface area contributed by atoms with E-state index in [0.717, 1.165) is 31.9 Å². The Labute approximate surface area is 130 Å². The van der Waals surface area contributed by atoms with Gasteiger partial charge in [0.15, 0.2) is 11.6 Å². The van der Waals surface area contributed by atoms with E-state index < -0.39 is 11.6 Å². The third-order valence-electron chi connectivity index (χ3n) is 4.32. The Morgan fingerprint density at radius 3 is 2.82 bits per heavy atom. The van der Waals surface area contributed by atoms with Gasteiger partial charge in [0.1, 0.15) is 0 Å². The minimum atomic E-state index is -0.840. The average Bonchev–Trinajstić information content (AvgIpc) is 2.50. The van der Waals surface area contributed by atoms with Crippen molar-refractivity contribution in [3.8, 4) is 0 Å². The summed E-state index contributed by atoms with van der Waals surface area (Å²) < 4.78 is 26.0. The number of piperidine rings is 1. The fraction of sp³-hybridized carbons (Fsp3) is 0.588. The molecule has 22 heavy (non-hydrogen) atoms. The zero-order chi connectivity index (χ0) is 16.1. The number of hydrogen-bond acceptors (Lipinski definition) is 2. The van der Waals surface area contributed by atoms with Gasteiger partial charge >= 0.3 is 0 Å². The van der Waals surface area contributed by atoms with Crippen molar-refractivity contribution < 1.29 is 13.6 Å². The lowest BCUT2D eigenvalue weighted by Crippen LogP contribution is -2.51. The normalized spacial score (nSPS) is 20.0. The summed E-state index contributed by atoms with van der Waals surface area (Å²) in [6, 6.07) is 4.00. The Bertz CT molecular complexity index is 519. The third-order valence-corrected chi connectivity index (χ3v) is 4.32. The maximum absolute atomic E-state index is 13.1. The van der Waals surface area contributed by atoms with Gasteiger partial charge in [-0.15, -0.1) is 0 Å². The van der Waals surface area contributed by atoms with Gasteiger partial charge in [-0.3, -0.25) is 4.79 Å². The summed E-state index contributed by atoms with van der Waals surface area (Å²) in [5, 5.41) is 0. The quantitative estimate of drug-likeness (QED) is 0.908. The largest absolute Gasteiger partial charge is 0.338 e. The number of nitrogens with two attached hydrogens (primary N) is 1. The van der Waals surface area contributed by atoms with Gasteiger partial charge in [0.25, 0.3) is 0 Å². The summed E-state index contributed by atoms with van der Waals surface area (Å²) in [5.74, 6) is -1.56. The van der Waals surface area contributed by atoms with E-state index in [2.05, 4.69) is 0 Å². The van der Waals surface area contributed by atoms with E-state index in [-0.39, 0.29) is 18.0 Å². The predicted molar refractivity (Wildman–Crippen MR) is 82.3 cm³/mol. The lowest BCUT2D eigenvalue weighted by Gasteiger charge is -2.38. The molecule has 0 aliphatic carbocycles. The first-order valence-electron chi connectivity index (χ1n) is 7.98. The second-order valence-corrected chi connectivity index (χ2v) is 6.11. The Kier molecular flexibility index (Phi) is 5.89. The Morgan fingerprint density at radius 2 is 2.14 bits per heavy atom. The molecule has 1 amide bonds. The molecule has 1 aliphatic rings. The second kappa shape index (κ2) is 7.68. The van der Waals surface area contributed by atoms with Crippen LogP contribution in [-0.2, 0) is 11.2 Å². The molecule has 1 aromatic carbocycles. The molecule has 2 rings (SSSR count). The van der Waals surface area contributed by atoms with Crippen molar-refractivity contribution in [2.75, 3.05) is 6.54 Å². The van der Waals surface area contributed by atoms with Crippen LogP contribution in [0.3, 0.4) is 0 Å². The van der Waals surface area contributed by atoms with E-state index in [1.54, 1.807) is 6.07 Å². The molecule has 122 valence electrons. The number of nitrogens with zero attached hydrogens (tertiary/aromatic N) is 1. The summed E-state index contributed by atoms with van der Waals surface area (Å²) in [6.45, 7) is 2.72. The van der Waals surface area contributed by atoms with Crippen molar-refractivity contribution in [2.24, 2.45) is 5.73 Å². The van der Waals surface area contributed by atoms with E-state index >= 15 is 0 Å². The lowest BCUT2D eigenvalue weighted by atomic mass is 9.96. The molecule has 2 atom stereocenters. The molecule has 3 nitrogen and oxygen atoms in total. The van der Waals surface area contributed by atoms with Crippen LogP contribution in [-0.4, -0.2) is 29.4 Å². The van der Waals surface area contributed by atoms with Gasteiger partial charge in [-0.2, -0.15) is 0 Å². The second-order valence-electron chi connectivity index (χ2n) is 6.11. The topological polar surface area (TPSA) is 46.3 Å². The lowest BCUT2D eigenvalue weighted by molar-refractivity contribution is -0.135. The number of likely N-dealkylation sites (tertiary alicyclic amines) is 1. The Hall–Kier alpha value is -1.49. The summed E-state index contributed by atoms with van der Waals surface area (Å²) >= 11 is 0. The third kappa shape index (κ3) is 4.26. The molecule has 1 aromatic rings. The number of aryl methyl sites for hydroxylation is 1. The number of carbonyl (C=O) groups is 1. The Morgan fingerprint density at radius 1 is 1.36 bits per heavy atom. The van der Waals surface area contributed by atoms with Crippen molar-refractivity contribution in [3.63, 3.8) is 0 Å². The molecule has 0 radical (unpaired) electrons. The van der Waals surface area contributed by atoms with E-state index in [1.807, 2.05) is 11.8 Å². The van der Waals surface area contributed by atoms with Crippen molar-refractivity contribution in [3.05, 3.63) is 35.4 Å². The molecule has 5 heteroatoms. The first-order chi connectivity index (χ1) is 10.5. The van der Waals surface area contributed by atoms with Gasteiger partial charge in [0.2, 0.25) is 5.91 Å². The summed E-state index contributed by atoms with van der Waals surface area (Å²) in [6.07, 6.45) is 4.73. The van der Waals surface area contributed by atoms with Gasteiger partial charge in [-0.1, -0.05) is 6.07 Å². The van der Waals surface area contributed by atoms with E-state index in [0.29, 0.717) is 24.8 Å². The first-order valence-corrected chi connectivity index (χ1v) is 7.98. The first kappa shape index (κ1) is 16.9. The van der Waals surface area contributed by atoms with Crippen LogP contribution in [0.5, 0.6) is 0 Å². The smallest absolute Gasteiger partial charge is 0.222 e. The van der Waals surface area contributed by atoms with Gasteiger partial charge in [0.05, 0.1) is 0 Å². The van der Waals surface area contributed by atoms with Crippen molar-refractivity contribution >= 4 is 5.91 Å². The minimum Gasteiger partial charge on any atom is -0.338 e. The molecule has 1 saturated heterocycles. The SMILES string of the molecule is CC(N)C1CCCCN1C(=O)CCCc1ccc(F)c(F)c1. The van der Waals surface area contributed by atoms with Crippen molar-refractivity contribution in [1.82, 2.24) is 4.90 Å². The standard InChI is InChI=1S/C17H24F2N2O/c1-12(20)16-6-2-3-10-21(16)17(22)7-4-5-13-8-9-14(18)15(19)11-13/h8-9,11-12,16H,2-7,10,20H2,1H3. The number of halogens is 2. The maximum atomic E-state index is 13.1.